The van der Waals surface area contributed by atoms with Crippen LogP contribution < -0.4 is 14.2 Å². The minimum atomic E-state index is -2.81. The fraction of sp³-hybridized carbons (Fsp3) is 0.182. The van der Waals surface area contributed by atoms with Gasteiger partial charge in [0.05, 0.1) is 34.5 Å². The molecule has 1 N–H and O–H groups in total. The third-order valence-corrected chi connectivity index (χ3v) is 3.60. The Bertz CT molecular complexity index is 1100. The number of hydrogen-bond acceptors (Lipinski definition) is 6. The quantitative estimate of drug-likeness (QED) is 0.522. The van der Waals surface area contributed by atoms with E-state index in [1.165, 1.54) is 26.4 Å². The highest BCUT2D eigenvalue weighted by molar-refractivity contribution is 6.10. The van der Waals surface area contributed by atoms with Crippen LogP contribution in [0.5, 0.6) is 23.0 Å². The Labute approximate surface area is 170 Å². The van der Waals surface area contributed by atoms with Crippen molar-refractivity contribution >= 4 is 23.7 Å². The topological polar surface area (TPSA) is 82.1 Å². The number of ketones is 2. The molecule has 28 heavy (non-hydrogen) atoms. The van der Waals surface area contributed by atoms with Crippen molar-refractivity contribution in [2.75, 3.05) is 21.3 Å². The van der Waals surface area contributed by atoms with Gasteiger partial charge in [0.1, 0.15) is 0 Å². The molecule has 0 amide bonds. The van der Waals surface area contributed by atoms with Crippen LogP contribution in [0.1, 0.15) is 24.4 Å². The van der Waals surface area contributed by atoms with Gasteiger partial charge in [-0.1, -0.05) is 24.2 Å². The van der Waals surface area contributed by atoms with Crippen LogP contribution in [-0.4, -0.2) is 37.9 Å². The van der Waals surface area contributed by atoms with Crippen molar-refractivity contribution in [3.8, 4) is 23.0 Å². The van der Waals surface area contributed by atoms with Crippen LogP contribution in [0.25, 0.3) is 12.1 Å². The normalized spacial score (nSPS) is 14.7. The molecule has 0 spiro atoms. The lowest BCUT2D eigenvalue weighted by molar-refractivity contribution is -0.121. The smallest absolute Gasteiger partial charge is 0.163 e. The van der Waals surface area contributed by atoms with Crippen molar-refractivity contribution in [2.24, 2.45) is 0 Å². The summed E-state index contributed by atoms with van der Waals surface area (Å²) in [5, 5.41) is 9.71. The maximum Gasteiger partial charge on any atom is 0.163 e. The van der Waals surface area contributed by atoms with Crippen LogP contribution in [0.4, 0.5) is 0 Å². The minimum Gasteiger partial charge on any atom is -0.504 e. The minimum absolute atomic E-state index is 0.106. The third-order valence-electron chi connectivity index (χ3n) is 3.60. The van der Waals surface area contributed by atoms with E-state index in [2.05, 4.69) is 4.74 Å². The van der Waals surface area contributed by atoms with Crippen LogP contribution >= 0.6 is 0 Å². The molecular weight excluding hydrogens is 360 g/mol. The largest absolute Gasteiger partial charge is 0.504 e. The fourth-order valence-corrected chi connectivity index (χ4v) is 2.21. The first kappa shape index (κ1) is 14.5. The zero-order valence-electron chi connectivity index (χ0n) is 20.3. The van der Waals surface area contributed by atoms with Crippen LogP contribution in [-0.2, 0) is 9.59 Å². The predicted molar refractivity (Wildman–Crippen MR) is 107 cm³/mol. The van der Waals surface area contributed by atoms with Crippen LogP contribution in [0.3, 0.4) is 0 Å². The highest BCUT2D eigenvalue weighted by atomic mass is 16.5. The van der Waals surface area contributed by atoms with Crippen LogP contribution in [0.2, 0.25) is 0 Å². The molecule has 2 aromatic rings. The van der Waals surface area contributed by atoms with E-state index >= 15 is 0 Å². The SMILES string of the molecule is [2H]/C(=C\C(=O)CC(=O)/C=C(\[2H])c1ccc(OC)c(OC)c1)c1ccc(O)c(OC([2H])([2H])[2H])c1. The molecule has 0 fully saturated rings. The maximum atomic E-state index is 12.2. The van der Waals surface area contributed by atoms with E-state index in [1.807, 2.05) is 0 Å². The van der Waals surface area contributed by atoms with Crippen molar-refractivity contribution in [3.05, 3.63) is 59.7 Å². The van der Waals surface area contributed by atoms with E-state index in [9.17, 15) is 14.7 Å². The van der Waals surface area contributed by atoms with Crippen molar-refractivity contribution in [1.82, 2.24) is 0 Å². The molecule has 6 heteroatoms. The molecule has 2 rings (SSSR count). The maximum absolute atomic E-state index is 12.2. The molecule has 0 bridgehead atoms. The summed E-state index contributed by atoms with van der Waals surface area (Å²) in [6.45, 7) is 0. The molecular formula is C22H22O6. The number of carbonyl (C=O) groups excluding carboxylic acids is 2. The van der Waals surface area contributed by atoms with E-state index < -0.39 is 30.8 Å². The number of methoxy groups -OCH3 is 3. The molecule has 0 heterocycles. The molecule has 0 radical (unpaired) electrons. The Morgan fingerprint density at radius 3 is 2.07 bits per heavy atom. The first-order valence-electron chi connectivity index (χ1n) is 10.6. The zero-order chi connectivity index (χ0) is 24.8. The average molecular weight is 387 g/mol. The van der Waals surface area contributed by atoms with Crippen molar-refractivity contribution in [2.45, 2.75) is 6.42 Å². The lowest BCUT2D eigenvalue weighted by atomic mass is 10.1. The van der Waals surface area contributed by atoms with Crippen molar-refractivity contribution in [1.29, 1.82) is 0 Å². The number of aromatic hydroxyl groups is 1. The molecule has 0 aliphatic heterocycles. The molecule has 2 aromatic carbocycles. The standard InChI is InChI=1S/C22H22O6/c1-26-20-11-7-16(13-22(20)28-3)5-9-18(24)14-17(23)8-4-15-6-10-19(25)21(12-15)27-2/h4-13,25H,14H2,1-3H3/b8-4+,9-5+/i2D3,4D,5D. The van der Waals surface area contributed by atoms with Gasteiger partial charge in [-0.2, -0.15) is 0 Å². The van der Waals surface area contributed by atoms with Crippen molar-refractivity contribution < 1.29 is 35.8 Å². The molecule has 6 nitrogen and oxygen atoms in total. The van der Waals surface area contributed by atoms with Crippen LogP contribution in [0, 0.1) is 0 Å². The highest BCUT2D eigenvalue weighted by Gasteiger charge is 2.06. The summed E-state index contributed by atoms with van der Waals surface area (Å²) >= 11 is 0. The number of allylic oxidation sites excluding steroid dienone is 2. The third kappa shape index (κ3) is 5.74. The Morgan fingerprint density at radius 2 is 1.50 bits per heavy atom. The number of hydrogen-bond donors (Lipinski definition) is 1. The number of phenolic OH excluding ortho intramolecular Hbond substituents is 1. The predicted octanol–water partition coefficient (Wildman–Crippen LogP) is 3.67. The number of benzene rings is 2. The number of ether oxygens (including phenoxy) is 3. The van der Waals surface area contributed by atoms with Crippen LogP contribution in [0.15, 0.2) is 48.6 Å². The summed E-state index contributed by atoms with van der Waals surface area (Å²) in [7, 11) is 0.103. The number of rotatable bonds is 9. The second-order valence-corrected chi connectivity index (χ2v) is 5.54. The van der Waals surface area contributed by atoms with Gasteiger partial charge >= 0.3 is 0 Å². The Hall–Kier alpha value is -3.54. The summed E-state index contributed by atoms with van der Waals surface area (Å²) in [5.41, 5.74) is 0.492. The summed E-state index contributed by atoms with van der Waals surface area (Å²) < 4.78 is 52.4. The molecule has 146 valence electrons. The second kappa shape index (κ2) is 9.97. The molecule has 0 aliphatic rings. The summed E-state index contributed by atoms with van der Waals surface area (Å²) in [4.78, 5) is 24.4. The van der Waals surface area contributed by atoms with E-state index in [1.54, 1.807) is 12.1 Å². The van der Waals surface area contributed by atoms with Gasteiger partial charge in [0.2, 0.25) is 0 Å². The van der Waals surface area contributed by atoms with Gasteiger partial charge < -0.3 is 19.3 Å². The molecule has 0 unspecified atom stereocenters. The number of phenols is 1. The first-order valence-corrected chi connectivity index (χ1v) is 8.10. The Morgan fingerprint density at radius 1 is 0.929 bits per heavy atom. The van der Waals surface area contributed by atoms with E-state index in [0.717, 1.165) is 24.3 Å². The Balaban J connectivity index is 2.13. The monoisotopic (exact) mass is 387 g/mol. The van der Waals surface area contributed by atoms with E-state index in [4.69, 9.17) is 16.3 Å². The zero-order valence-corrected chi connectivity index (χ0v) is 15.3. The molecule has 0 aromatic heterocycles. The fourth-order valence-electron chi connectivity index (χ4n) is 2.21. The van der Waals surface area contributed by atoms with Gasteiger partial charge in [-0.3, -0.25) is 9.59 Å². The molecule has 0 aliphatic carbocycles. The van der Waals surface area contributed by atoms with E-state index in [-0.39, 0.29) is 23.4 Å². The molecule has 0 atom stereocenters. The lowest BCUT2D eigenvalue weighted by Crippen LogP contribution is -2.01. The summed E-state index contributed by atoms with van der Waals surface area (Å²) in [6.07, 6.45) is 1.32. The first-order chi connectivity index (χ1) is 15.4. The number of carbonyl (C=O) groups is 2. The van der Waals surface area contributed by atoms with E-state index in [0.29, 0.717) is 17.1 Å². The Kier molecular flexibility index (Phi) is 5.16. The summed E-state index contributed by atoms with van der Waals surface area (Å²) in [5.74, 6) is -1.29. The average Bonchev–Trinajstić information content (AvgIpc) is 2.73. The molecule has 0 saturated carbocycles. The van der Waals surface area contributed by atoms with Gasteiger partial charge in [0, 0.05) is 0 Å². The van der Waals surface area contributed by atoms with Gasteiger partial charge in [-0.05, 0) is 47.5 Å². The van der Waals surface area contributed by atoms with Gasteiger partial charge in [-0.15, -0.1) is 0 Å². The van der Waals surface area contributed by atoms with Gasteiger partial charge in [0.25, 0.3) is 0 Å². The van der Waals surface area contributed by atoms with Gasteiger partial charge in [0.15, 0.2) is 34.6 Å². The summed E-state index contributed by atoms with van der Waals surface area (Å²) in [6, 6.07) is 7.78. The van der Waals surface area contributed by atoms with Crippen molar-refractivity contribution in [3.63, 3.8) is 0 Å². The lowest BCUT2D eigenvalue weighted by Gasteiger charge is -2.07. The molecule has 0 saturated heterocycles. The van der Waals surface area contributed by atoms with Gasteiger partial charge in [-0.25, -0.2) is 0 Å². The highest BCUT2D eigenvalue weighted by Crippen LogP contribution is 2.28. The second-order valence-electron chi connectivity index (χ2n) is 5.54.